The number of rotatable bonds is 6. The molecule has 0 aliphatic rings. The Balaban J connectivity index is 2.20. The van der Waals surface area contributed by atoms with Crippen LogP contribution in [0.1, 0.15) is 30.5 Å². The Morgan fingerprint density at radius 1 is 1.10 bits per heavy atom. The van der Waals surface area contributed by atoms with Crippen molar-refractivity contribution in [2.75, 3.05) is 6.54 Å². The molecule has 0 aliphatic heterocycles. The topological polar surface area (TPSA) is 12.0 Å². The summed E-state index contributed by atoms with van der Waals surface area (Å²) in [6.45, 7) is 3.17. The lowest BCUT2D eigenvalue weighted by molar-refractivity contribution is 0.529. The summed E-state index contributed by atoms with van der Waals surface area (Å²) in [6, 6.07) is 14.9. The highest BCUT2D eigenvalue weighted by molar-refractivity contribution is 9.10. The van der Waals surface area contributed by atoms with E-state index < -0.39 is 0 Å². The summed E-state index contributed by atoms with van der Waals surface area (Å²) in [6.07, 6.45) is 2.06. The minimum Gasteiger partial charge on any atom is -0.310 e. The Labute approximate surface area is 148 Å². The van der Waals surface area contributed by atoms with Crippen LogP contribution in [0.2, 0.25) is 5.02 Å². The molecule has 0 heterocycles. The first kappa shape index (κ1) is 17.0. The smallest absolute Gasteiger partial charge is 0.0551 e. The van der Waals surface area contributed by atoms with Crippen LogP contribution in [0, 0.1) is 0 Å². The van der Waals surface area contributed by atoms with Crippen molar-refractivity contribution >= 4 is 43.5 Å². The van der Waals surface area contributed by atoms with Crippen LogP contribution in [0.4, 0.5) is 0 Å². The zero-order valence-electron chi connectivity index (χ0n) is 11.9. The standard InChI is InChI=1S/C17H18Br2ClN/c1-2-9-21-17(10-12-3-6-14(18)7-4-12)13-5-8-15(19)16(20)11-13/h3-8,11,17,21H,2,9-10H2,1H3. The molecule has 1 unspecified atom stereocenters. The van der Waals surface area contributed by atoms with Crippen LogP contribution in [0.15, 0.2) is 51.4 Å². The fourth-order valence-electron chi connectivity index (χ4n) is 2.21. The highest BCUT2D eigenvalue weighted by atomic mass is 79.9. The Hall–Kier alpha value is -0.350. The highest BCUT2D eigenvalue weighted by Crippen LogP contribution is 2.28. The molecule has 2 aromatic carbocycles. The first-order chi connectivity index (χ1) is 10.1. The summed E-state index contributed by atoms with van der Waals surface area (Å²) in [7, 11) is 0. The molecule has 0 fully saturated rings. The maximum Gasteiger partial charge on any atom is 0.0551 e. The van der Waals surface area contributed by atoms with Crippen molar-refractivity contribution in [2.24, 2.45) is 0 Å². The van der Waals surface area contributed by atoms with E-state index in [9.17, 15) is 0 Å². The monoisotopic (exact) mass is 429 g/mol. The van der Waals surface area contributed by atoms with Crippen LogP contribution in [0.3, 0.4) is 0 Å². The first-order valence-electron chi connectivity index (χ1n) is 7.03. The van der Waals surface area contributed by atoms with Crippen LogP contribution >= 0.6 is 43.5 Å². The number of nitrogens with one attached hydrogen (secondary N) is 1. The van der Waals surface area contributed by atoms with Gasteiger partial charge in [0, 0.05) is 15.0 Å². The Kier molecular flexibility index (Phi) is 6.74. The molecule has 1 N–H and O–H groups in total. The second-order valence-electron chi connectivity index (χ2n) is 5.01. The van der Waals surface area contributed by atoms with Gasteiger partial charge in [0.05, 0.1) is 5.02 Å². The molecular weight excluding hydrogens is 413 g/mol. The van der Waals surface area contributed by atoms with E-state index in [4.69, 9.17) is 11.6 Å². The van der Waals surface area contributed by atoms with Gasteiger partial charge in [0.15, 0.2) is 0 Å². The molecular formula is C17H18Br2ClN. The average Bonchev–Trinajstić information content (AvgIpc) is 2.48. The van der Waals surface area contributed by atoms with Gasteiger partial charge in [-0.15, -0.1) is 0 Å². The van der Waals surface area contributed by atoms with E-state index in [0.717, 1.165) is 33.4 Å². The third-order valence-corrected chi connectivity index (χ3v) is 5.10. The van der Waals surface area contributed by atoms with Gasteiger partial charge < -0.3 is 5.32 Å². The van der Waals surface area contributed by atoms with Crippen LogP contribution in [0.5, 0.6) is 0 Å². The lowest BCUT2D eigenvalue weighted by Crippen LogP contribution is -2.24. The van der Waals surface area contributed by atoms with E-state index >= 15 is 0 Å². The Bertz CT molecular complexity index is 584. The molecule has 1 nitrogen and oxygen atoms in total. The second kappa shape index (κ2) is 8.33. The minimum absolute atomic E-state index is 0.275. The zero-order valence-corrected chi connectivity index (χ0v) is 15.8. The molecule has 0 saturated carbocycles. The molecule has 0 spiro atoms. The van der Waals surface area contributed by atoms with Gasteiger partial charge in [-0.05, 0) is 70.7 Å². The summed E-state index contributed by atoms with van der Waals surface area (Å²) in [5.74, 6) is 0. The maximum absolute atomic E-state index is 6.23. The summed E-state index contributed by atoms with van der Waals surface area (Å²) >= 11 is 13.2. The number of hydrogen-bond donors (Lipinski definition) is 1. The lowest BCUT2D eigenvalue weighted by Gasteiger charge is -2.20. The number of hydrogen-bond acceptors (Lipinski definition) is 1. The largest absolute Gasteiger partial charge is 0.310 e. The zero-order chi connectivity index (χ0) is 15.2. The predicted molar refractivity (Wildman–Crippen MR) is 98.0 cm³/mol. The fraction of sp³-hybridized carbons (Fsp3) is 0.294. The number of benzene rings is 2. The van der Waals surface area contributed by atoms with E-state index in [1.54, 1.807) is 0 Å². The predicted octanol–water partition coefficient (Wildman–Crippen LogP) is 6.15. The molecule has 0 amide bonds. The molecule has 0 saturated heterocycles. The van der Waals surface area contributed by atoms with Crippen molar-refractivity contribution in [1.29, 1.82) is 0 Å². The van der Waals surface area contributed by atoms with Gasteiger partial charge in [0.25, 0.3) is 0 Å². The van der Waals surface area contributed by atoms with Crippen LogP contribution in [0.25, 0.3) is 0 Å². The molecule has 0 bridgehead atoms. The van der Waals surface area contributed by atoms with Crippen LogP contribution < -0.4 is 5.32 Å². The molecule has 21 heavy (non-hydrogen) atoms. The van der Waals surface area contributed by atoms with Crippen LogP contribution in [-0.2, 0) is 6.42 Å². The van der Waals surface area contributed by atoms with Crippen molar-refractivity contribution in [1.82, 2.24) is 5.32 Å². The maximum atomic E-state index is 6.23. The molecule has 2 rings (SSSR count). The molecule has 2 aromatic rings. The Morgan fingerprint density at radius 2 is 1.81 bits per heavy atom. The summed E-state index contributed by atoms with van der Waals surface area (Å²) in [4.78, 5) is 0. The normalized spacial score (nSPS) is 12.4. The number of halogens is 3. The molecule has 0 radical (unpaired) electrons. The van der Waals surface area contributed by atoms with E-state index in [1.165, 1.54) is 11.1 Å². The van der Waals surface area contributed by atoms with Crippen molar-refractivity contribution in [3.63, 3.8) is 0 Å². The van der Waals surface area contributed by atoms with Gasteiger partial charge in [-0.1, -0.05) is 52.7 Å². The fourth-order valence-corrected chi connectivity index (χ4v) is 2.91. The molecule has 112 valence electrons. The second-order valence-corrected chi connectivity index (χ2v) is 7.19. The average molecular weight is 432 g/mol. The molecule has 1 atom stereocenters. The molecule has 0 aromatic heterocycles. The molecule has 0 aliphatic carbocycles. The Morgan fingerprint density at radius 3 is 2.43 bits per heavy atom. The van der Waals surface area contributed by atoms with Crippen molar-refractivity contribution in [3.05, 3.63) is 67.6 Å². The third kappa shape index (κ3) is 5.10. The van der Waals surface area contributed by atoms with E-state index in [0.29, 0.717) is 0 Å². The van der Waals surface area contributed by atoms with Crippen molar-refractivity contribution in [2.45, 2.75) is 25.8 Å². The summed E-state index contributed by atoms with van der Waals surface area (Å²) < 4.78 is 2.04. The van der Waals surface area contributed by atoms with Gasteiger partial charge in [0.1, 0.15) is 0 Å². The minimum atomic E-state index is 0.275. The molecule has 4 heteroatoms. The summed E-state index contributed by atoms with van der Waals surface area (Å²) in [5, 5.41) is 4.37. The lowest BCUT2D eigenvalue weighted by atomic mass is 9.99. The van der Waals surface area contributed by atoms with E-state index in [2.05, 4.69) is 74.4 Å². The van der Waals surface area contributed by atoms with Crippen molar-refractivity contribution < 1.29 is 0 Å². The van der Waals surface area contributed by atoms with Gasteiger partial charge in [0.2, 0.25) is 0 Å². The van der Waals surface area contributed by atoms with E-state index in [1.807, 2.05) is 12.1 Å². The van der Waals surface area contributed by atoms with Gasteiger partial charge >= 0.3 is 0 Å². The third-order valence-electron chi connectivity index (χ3n) is 3.34. The first-order valence-corrected chi connectivity index (χ1v) is 8.99. The van der Waals surface area contributed by atoms with E-state index in [-0.39, 0.29) is 6.04 Å². The quantitative estimate of drug-likeness (QED) is 0.579. The SMILES string of the molecule is CCCNC(Cc1ccc(Br)cc1)c1ccc(Br)c(Cl)c1. The highest BCUT2D eigenvalue weighted by Gasteiger charge is 2.13. The van der Waals surface area contributed by atoms with Gasteiger partial charge in [-0.2, -0.15) is 0 Å². The van der Waals surface area contributed by atoms with Gasteiger partial charge in [-0.3, -0.25) is 0 Å². The summed E-state index contributed by atoms with van der Waals surface area (Å²) in [5.41, 5.74) is 2.53. The van der Waals surface area contributed by atoms with Crippen molar-refractivity contribution in [3.8, 4) is 0 Å². The van der Waals surface area contributed by atoms with Gasteiger partial charge in [-0.25, -0.2) is 0 Å². The van der Waals surface area contributed by atoms with Crippen LogP contribution in [-0.4, -0.2) is 6.54 Å².